The van der Waals surface area contributed by atoms with E-state index in [1.807, 2.05) is 0 Å². The van der Waals surface area contributed by atoms with E-state index in [4.69, 9.17) is 9.60 Å². The molecule has 0 spiro atoms. The first-order valence-electron chi connectivity index (χ1n) is 9.84. The van der Waals surface area contributed by atoms with Crippen LogP contribution < -0.4 is 0 Å². The Hall–Kier alpha value is -2.34. The number of hydrogen-bond donors (Lipinski definition) is 0. The van der Waals surface area contributed by atoms with Crippen LogP contribution in [0.4, 0.5) is 0 Å². The van der Waals surface area contributed by atoms with Gasteiger partial charge in [0.1, 0.15) is 12.4 Å². The molecule has 0 amide bonds. The number of hydrogen-bond acceptors (Lipinski definition) is 4. The maximum Gasteiger partial charge on any atom is 0.159 e. The molecule has 0 saturated heterocycles. The summed E-state index contributed by atoms with van der Waals surface area (Å²) in [6.45, 7) is -2.54. The highest BCUT2D eigenvalue weighted by Crippen LogP contribution is 2.27. The van der Waals surface area contributed by atoms with Crippen molar-refractivity contribution in [2.24, 2.45) is 4.99 Å². The smallest absolute Gasteiger partial charge is 0.159 e. The monoisotopic (exact) mass is 360 g/mol. The van der Waals surface area contributed by atoms with Crippen molar-refractivity contribution in [3.05, 3.63) is 69.9 Å². The Kier molecular flexibility index (Phi) is 1.82. The molecule has 0 fully saturated rings. The number of aryl methyl sites for hydroxylation is 1. The van der Waals surface area contributed by atoms with Gasteiger partial charge in [-0.05, 0) is 37.1 Å². The van der Waals surface area contributed by atoms with Crippen LogP contribution in [0.15, 0.2) is 52.0 Å². The van der Waals surface area contributed by atoms with Crippen LogP contribution in [0, 0.1) is 6.85 Å². The average Bonchev–Trinajstić information content (AvgIpc) is 3.02. The zero-order valence-electron chi connectivity index (χ0n) is 18.1. The molecule has 0 atom stereocenters. The van der Waals surface area contributed by atoms with Crippen LogP contribution >= 0.6 is 15.9 Å². The standard InChI is InChI=1S/C16H12BrN5/c1-10-20-21-15-9-19-16(13-4-2-3-7-18-13)12-8-11(17)5-6-14(12)22(10)15/h2-8H,9H2,1H3/i1D3,2D,3D,4D,7D. The lowest BCUT2D eigenvalue weighted by Gasteiger charge is -2.12. The van der Waals surface area contributed by atoms with E-state index in [1.165, 1.54) is 4.57 Å². The number of aliphatic imine (C=N–C) groups is 1. The molecule has 1 aromatic carbocycles. The zero-order valence-corrected chi connectivity index (χ0v) is 12.6. The third-order valence-corrected chi connectivity index (χ3v) is 3.75. The van der Waals surface area contributed by atoms with E-state index in [-0.39, 0.29) is 29.8 Å². The van der Waals surface area contributed by atoms with E-state index < -0.39 is 25.1 Å². The number of fused-ring (bicyclic) bond motifs is 3. The van der Waals surface area contributed by atoms with Crippen molar-refractivity contribution in [2.45, 2.75) is 13.4 Å². The van der Waals surface area contributed by atoms with Gasteiger partial charge in [-0.25, -0.2) is 0 Å². The van der Waals surface area contributed by atoms with Gasteiger partial charge in [-0.2, -0.15) is 0 Å². The van der Waals surface area contributed by atoms with E-state index in [1.54, 1.807) is 18.2 Å². The summed E-state index contributed by atoms with van der Waals surface area (Å²) in [5.74, 6) is 0.0889. The second kappa shape index (κ2) is 5.14. The van der Waals surface area contributed by atoms with Gasteiger partial charge in [-0.1, -0.05) is 22.0 Å². The van der Waals surface area contributed by atoms with Crippen molar-refractivity contribution in [2.75, 3.05) is 0 Å². The van der Waals surface area contributed by atoms with Gasteiger partial charge < -0.3 is 0 Å². The van der Waals surface area contributed by atoms with E-state index >= 15 is 0 Å². The molecular formula is C16H12BrN5. The van der Waals surface area contributed by atoms with Gasteiger partial charge in [-0.15, -0.1) is 10.2 Å². The zero-order chi connectivity index (χ0) is 21.1. The minimum Gasteiger partial charge on any atom is -0.281 e. The molecule has 5 nitrogen and oxygen atoms in total. The highest BCUT2D eigenvalue weighted by Gasteiger charge is 2.22. The van der Waals surface area contributed by atoms with Gasteiger partial charge in [0.25, 0.3) is 0 Å². The first-order chi connectivity index (χ1) is 13.6. The number of rotatable bonds is 1. The SMILES string of the molecule is [2H]c1nc(C2=NCc3nnc(C([2H])([2H])[2H])n3-c3ccc(Br)cc32)c([2H])c([2H])c1[2H]. The predicted molar refractivity (Wildman–Crippen MR) is 87.4 cm³/mol. The first kappa shape index (κ1) is 7.78. The van der Waals surface area contributed by atoms with Crippen molar-refractivity contribution >= 4 is 21.6 Å². The Labute approximate surface area is 145 Å². The Morgan fingerprint density at radius 3 is 3.18 bits per heavy atom. The fraction of sp³-hybridized carbons (Fsp3) is 0.125. The van der Waals surface area contributed by atoms with Crippen molar-refractivity contribution in [1.29, 1.82) is 0 Å². The normalized spacial score (nSPS) is 18.2. The average molecular weight is 361 g/mol. The summed E-state index contributed by atoms with van der Waals surface area (Å²) in [4.78, 5) is 8.48. The number of pyridine rings is 1. The molecular weight excluding hydrogens is 342 g/mol. The molecule has 0 unspecified atom stereocenters. The van der Waals surface area contributed by atoms with Gasteiger partial charge in [0.05, 0.1) is 22.6 Å². The number of aromatic nitrogens is 4. The minimum atomic E-state index is -2.51. The maximum atomic E-state index is 8.23. The van der Waals surface area contributed by atoms with Gasteiger partial charge in [-0.3, -0.25) is 14.5 Å². The molecule has 0 radical (unpaired) electrons. The Morgan fingerprint density at radius 1 is 1.32 bits per heavy atom. The van der Waals surface area contributed by atoms with Gasteiger partial charge in [0, 0.05) is 20.3 Å². The summed E-state index contributed by atoms with van der Waals surface area (Å²) in [6, 6.07) is 3.89. The summed E-state index contributed by atoms with van der Waals surface area (Å²) in [5, 5.41) is 7.79. The van der Waals surface area contributed by atoms with Crippen molar-refractivity contribution in [3.8, 4) is 5.69 Å². The third kappa shape index (κ3) is 2.07. The van der Waals surface area contributed by atoms with Gasteiger partial charge in [0.2, 0.25) is 0 Å². The molecule has 4 rings (SSSR count). The fourth-order valence-corrected chi connectivity index (χ4v) is 2.71. The summed E-state index contributed by atoms with van der Waals surface area (Å²) in [6.07, 6.45) is -0.438. The topological polar surface area (TPSA) is 56.0 Å². The Bertz CT molecular complexity index is 1190. The molecule has 0 N–H and O–H groups in total. The number of benzene rings is 1. The summed E-state index contributed by atoms with van der Waals surface area (Å²) in [5.41, 5.74) is 1.07. The quantitative estimate of drug-likeness (QED) is 0.669. The molecule has 108 valence electrons. The van der Waals surface area contributed by atoms with E-state index in [2.05, 4.69) is 36.1 Å². The fourth-order valence-electron chi connectivity index (χ4n) is 2.34. The first-order valence-corrected chi connectivity index (χ1v) is 7.13. The highest BCUT2D eigenvalue weighted by atomic mass is 79.9. The van der Waals surface area contributed by atoms with Crippen LogP contribution in [-0.2, 0) is 6.54 Å². The summed E-state index contributed by atoms with van der Waals surface area (Å²) in [7, 11) is 0. The molecule has 0 bridgehead atoms. The molecule has 0 saturated carbocycles. The minimum absolute atomic E-state index is 0.0236. The Balaban J connectivity index is 2.03. The molecule has 0 aliphatic carbocycles. The Morgan fingerprint density at radius 2 is 2.27 bits per heavy atom. The summed E-state index contributed by atoms with van der Waals surface area (Å²) >= 11 is 3.39. The molecule has 3 heterocycles. The second-order valence-electron chi connectivity index (χ2n) is 4.55. The molecule has 1 aliphatic rings. The third-order valence-electron chi connectivity index (χ3n) is 3.25. The number of halogens is 1. The molecule has 2 aromatic heterocycles. The molecule has 6 heteroatoms. The van der Waals surface area contributed by atoms with Gasteiger partial charge in [0.15, 0.2) is 5.82 Å². The van der Waals surface area contributed by atoms with Crippen molar-refractivity contribution in [1.82, 2.24) is 19.7 Å². The van der Waals surface area contributed by atoms with E-state index in [0.29, 0.717) is 21.5 Å². The lowest BCUT2D eigenvalue weighted by atomic mass is 10.0. The lowest BCUT2D eigenvalue weighted by Crippen LogP contribution is -2.09. The number of nitrogens with zero attached hydrogens (tertiary/aromatic N) is 5. The van der Waals surface area contributed by atoms with Crippen LogP contribution in [0.25, 0.3) is 5.69 Å². The molecule has 3 aromatic rings. The second-order valence-corrected chi connectivity index (χ2v) is 5.46. The van der Waals surface area contributed by atoms with Crippen LogP contribution in [0.1, 0.15) is 32.5 Å². The van der Waals surface area contributed by atoms with Crippen molar-refractivity contribution < 1.29 is 9.60 Å². The van der Waals surface area contributed by atoms with Crippen molar-refractivity contribution in [3.63, 3.8) is 0 Å². The highest BCUT2D eigenvalue weighted by molar-refractivity contribution is 9.10. The van der Waals surface area contributed by atoms with Crippen LogP contribution in [0.2, 0.25) is 0 Å². The largest absolute Gasteiger partial charge is 0.281 e. The van der Waals surface area contributed by atoms with Crippen LogP contribution in [-0.4, -0.2) is 25.5 Å². The van der Waals surface area contributed by atoms with Crippen LogP contribution in [0.5, 0.6) is 0 Å². The predicted octanol–water partition coefficient (Wildman–Crippen LogP) is 3.08. The molecule has 22 heavy (non-hydrogen) atoms. The molecule has 1 aliphatic heterocycles. The maximum absolute atomic E-state index is 8.23. The van der Waals surface area contributed by atoms with Crippen LogP contribution in [0.3, 0.4) is 0 Å². The van der Waals surface area contributed by atoms with E-state index in [0.717, 1.165) is 0 Å². The van der Waals surface area contributed by atoms with Gasteiger partial charge >= 0.3 is 0 Å². The van der Waals surface area contributed by atoms with E-state index in [9.17, 15) is 0 Å². The lowest BCUT2D eigenvalue weighted by molar-refractivity contribution is 0.861. The summed E-state index contributed by atoms with van der Waals surface area (Å²) < 4.78 is 57.1.